The Hall–Kier alpha value is -2.89. The van der Waals surface area contributed by atoms with Gasteiger partial charge < -0.3 is 9.47 Å². The van der Waals surface area contributed by atoms with E-state index in [1.807, 2.05) is 32.0 Å². The molecule has 0 bridgehead atoms. The molecule has 0 radical (unpaired) electrons. The van der Waals surface area contributed by atoms with Crippen LogP contribution in [0, 0.1) is 13.8 Å². The Morgan fingerprint density at radius 2 is 2.10 bits per heavy atom. The van der Waals surface area contributed by atoms with Crippen LogP contribution in [0.3, 0.4) is 0 Å². The molecule has 2 aromatic heterocycles. The Bertz CT molecular complexity index is 1140. The molecular weight excluding hydrogens is 438 g/mol. The van der Waals surface area contributed by atoms with Crippen molar-refractivity contribution in [3.8, 4) is 17.0 Å². The number of nitrogens with one attached hydrogen (secondary N) is 1. The Balaban J connectivity index is 1.60. The maximum Gasteiger partial charge on any atom is 0.268 e. The van der Waals surface area contributed by atoms with Gasteiger partial charge in [0.2, 0.25) is 11.0 Å². The van der Waals surface area contributed by atoms with Gasteiger partial charge in [-0.3, -0.25) is 19.8 Å². The van der Waals surface area contributed by atoms with Gasteiger partial charge in [0.1, 0.15) is 23.9 Å². The minimum absolute atomic E-state index is 0.169. The van der Waals surface area contributed by atoms with E-state index in [2.05, 4.69) is 20.5 Å². The number of carbonyl (C=O) groups excluding carboxylic acids is 2. The molecule has 0 aliphatic carbocycles. The summed E-state index contributed by atoms with van der Waals surface area (Å²) in [5.74, 6) is -0.116. The third kappa shape index (κ3) is 4.43. The van der Waals surface area contributed by atoms with Crippen LogP contribution in [0.4, 0.5) is 10.8 Å². The molecule has 0 saturated carbocycles. The van der Waals surface area contributed by atoms with Crippen LogP contribution in [0.25, 0.3) is 11.3 Å². The monoisotopic (exact) mass is 459 g/mol. The van der Waals surface area contributed by atoms with Crippen LogP contribution >= 0.6 is 22.7 Å². The first-order chi connectivity index (χ1) is 14.9. The number of methoxy groups -OCH3 is 1. The van der Waals surface area contributed by atoms with Crippen molar-refractivity contribution in [1.82, 2.24) is 15.2 Å². The fourth-order valence-electron chi connectivity index (χ4n) is 3.30. The summed E-state index contributed by atoms with van der Waals surface area (Å²) in [5.41, 5.74) is 2.27. The first-order valence-corrected chi connectivity index (χ1v) is 11.2. The second-order valence-corrected chi connectivity index (χ2v) is 9.46. The normalized spacial score (nSPS) is 15.5. The predicted molar refractivity (Wildman–Crippen MR) is 119 cm³/mol. The van der Waals surface area contributed by atoms with Crippen LogP contribution in [-0.4, -0.2) is 46.8 Å². The van der Waals surface area contributed by atoms with E-state index in [1.165, 1.54) is 16.2 Å². The van der Waals surface area contributed by atoms with Crippen molar-refractivity contribution < 1.29 is 19.1 Å². The Morgan fingerprint density at radius 3 is 2.81 bits per heavy atom. The third-order valence-electron chi connectivity index (χ3n) is 4.63. The van der Waals surface area contributed by atoms with Gasteiger partial charge in [0, 0.05) is 17.6 Å². The number of rotatable bonds is 6. The fourth-order valence-corrected chi connectivity index (χ4v) is 4.87. The number of fused-ring (bicyclic) bond motifs is 1. The van der Waals surface area contributed by atoms with Crippen molar-refractivity contribution in [3.05, 3.63) is 33.1 Å². The van der Waals surface area contributed by atoms with Crippen LogP contribution in [0.2, 0.25) is 0 Å². The third-order valence-corrected chi connectivity index (χ3v) is 6.33. The van der Waals surface area contributed by atoms with Gasteiger partial charge in [-0.25, -0.2) is 4.98 Å². The zero-order valence-electron chi connectivity index (χ0n) is 17.5. The highest BCUT2D eigenvalue weighted by Gasteiger charge is 2.33. The van der Waals surface area contributed by atoms with E-state index >= 15 is 0 Å². The average molecular weight is 460 g/mol. The van der Waals surface area contributed by atoms with Gasteiger partial charge in [0.05, 0.1) is 16.4 Å². The maximum atomic E-state index is 12.8. The summed E-state index contributed by atoms with van der Waals surface area (Å²) < 4.78 is 10.8. The molecule has 0 saturated heterocycles. The molecule has 11 heteroatoms. The zero-order valence-corrected chi connectivity index (χ0v) is 19.1. The van der Waals surface area contributed by atoms with Gasteiger partial charge >= 0.3 is 0 Å². The smallest absolute Gasteiger partial charge is 0.268 e. The summed E-state index contributed by atoms with van der Waals surface area (Å²) in [5, 5.41) is 12.5. The highest BCUT2D eigenvalue weighted by atomic mass is 32.1. The number of ether oxygens (including phenoxy) is 2. The quantitative estimate of drug-likeness (QED) is 0.603. The van der Waals surface area contributed by atoms with Crippen molar-refractivity contribution in [2.75, 3.05) is 23.9 Å². The van der Waals surface area contributed by atoms with E-state index < -0.39 is 6.10 Å². The molecule has 0 fully saturated rings. The van der Waals surface area contributed by atoms with Crippen molar-refractivity contribution in [2.45, 2.75) is 33.5 Å². The van der Waals surface area contributed by atoms with Crippen molar-refractivity contribution in [3.63, 3.8) is 0 Å². The number of anilines is 2. The van der Waals surface area contributed by atoms with Gasteiger partial charge in [-0.2, -0.15) is 0 Å². The van der Waals surface area contributed by atoms with E-state index in [4.69, 9.17) is 9.47 Å². The largest absolute Gasteiger partial charge is 0.479 e. The summed E-state index contributed by atoms with van der Waals surface area (Å²) in [6.07, 6.45) is -0.691. The number of thiazole rings is 1. The summed E-state index contributed by atoms with van der Waals surface area (Å²) in [6.45, 7) is 5.78. The van der Waals surface area contributed by atoms with E-state index in [0.717, 1.165) is 21.1 Å². The lowest BCUT2D eigenvalue weighted by molar-refractivity contribution is -0.127. The molecule has 0 spiro atoms. The van der Waals surface area contributed by atoms with Crippen LogP contribution in [0.15, 0.2) is 18.2 Å². The zero-order chi connectivity index (χ0) is 22.1. The highest BCUT2D eigenvalue weighted by Crippen LogP contribution is 2.38. The number of aromatic nitrogens is 3. The molecule has 1 aromatic carbocycles. The molecule has 1 unspecified atom stereocenters. The van der Waals surface area contributed by atoms with Crippen molar-refractivity contribution in [1.29, 1.82) is 0 Å². The predicted octanol–water partition coefficient (Wildman–Crippen LogP) is 3.18. The molecule has 3 heterocycles. The number of nitrogens with zero attached hydrogens (tertiary/aromatic N) is 4. The lowest BCUT2D eigenvalue weighted by atomic mass is 10.1. The van der Waals surface area contributed by atoms with E-state index in [1.54, 1.807) is 25.4 Å². The van der Waals surface area contributed by atoms with Crippen LogP contribution < -0.4 is 15.0 Å². The summed E-state index contributed by atoms with van der Waals surface area (Å²) in [6, 6.07) is 5.57. The van der Waals surface area contributed by atoms with Gasteiger partial charge in [-0.15, -0.1) is 21.5 Å². The van der Waals surface area contributed by atoms with Crippen LogP contribution in [0.1, 0.15) is 21.8 Å². The Kier molecular flexibility index (Phi) is 5.99. The second-order valence-electron chi connectivity index (χ2n) is 6.99. The van der Waals surface area contributed by atoms with Gasteiger partial charge in [-0.05, 0) is 39.0 Å². The average Bonchev–Trinajstić information content (AvgIpc) is 3.30. The molecule has 1 N–H and O–H groups in total. The topological polar surface area (TPSA) is 107 Å². The van der Waals surface area contributed by atoms with E-state index in [-0.39, 0.29) is 18.4 Å². The van der Waals surface area contributed by atoms with E-state index in [9.17, 15) is 9.59 Å². The molecule has 1 aliphatic rings. The molecule has 4 rings (SSSR count). The van der Waals surface area contributed by atoms with Gasteiger partial charge in [0.15, 0.2) is 6.10 Å². The number of hydrogen-bond donors (Lipinski definition) is 1. The lowest BCUT2D eigenvalue weighted by Crippen LogP contribution is -2.47. The maximum absolute atomic E-state index is 12.8. The van der Waals surface area contributed by atoms with E-state index in [0.29, 0.717) is 28.2 Å². The molecule has 1 atom stereocenters. The van der Waals surface area contributed by atoms with Crippen molar-refractivity contribution in [2.24, 2.45) is 0 Å². The number of aryl methyl sites for hydroxylation is 2. The minimum atomic E-state index is -0.691. The first-order valence-electron chi connectivity index (χ1n) is 9.53. The SMILES string of the molecule is COCc1nnc(NC(=O)CN2C(=O)C(C)Oc3ccc(-c4nc(C)sc4C)cc32)s1. The van der Waals surface area contributed by atoms with Crippen molar-refractivity contribution >= 4 is 45.3 Å². The molecule has 2 amide bonds. The first kappa shape index (κ1) is 21.3. The molecular formula is C20H21N5O4S2. The minimum Gasteiger partial charge on any atom is -0.479 e. The van der Waals surface area contributed by atoms with Gasteiger partial charge in [0.25, 0.3) is 5.91 Å². The lowest BCUT2D eigenvalue weighted by Gasteiger charge is -2.32. The second kappa shape index (κ2) is 8.69. The number of benzene rings is 1. The van der Waals surface area contributed by atoms with Crippen LogP contribution in [0.5, 0.6) is 5.75 Å². The molecule has 162 valence electrons. The highest BCUT2D eigenvalue weighted by molar-refractivity contribution is 7.15. The summed E-state index contributed by atoms with van der Waals surface area (Å²) in [7, 11) is 1.56. The molecule has 1 aliphatic heterocycles. The molecule has 3 aromatic rings. The van der Waals surface area contributed by atoms with Gasteiger partial charge in [-0.1, -0.05) is 11.3 Å². The fraction of sp³-hybridized carbons (Fsp3) is 0.350. The summed E-state index contributed by atoms with van der Waals surface area (Å²) >= 11 is 2.84. The summed E-state index contributed by atoms with van der Waals surface area (Å²) in [4.78, 5) is 32.6. The Morgan fingerprint density at radius 1 is 1.29 bits per heavy atom. The number of amides is 2. The van der Waals surface area contributed by atoms with Crippen LogP contribution in [-0.2, 0) is 20.9 Å². The number of hydrogen-bond acceptors (Lipinski definition) is 9. The Labute approximate surface area is 187 Å². The molecule has 9 nitrogen and oxygen atoms in total. The standard InChI is InChI=1S/C20H21N5O4S2/c1-10-19(27)25(8-16(26)22-20-24-23-17(31-20)9-28-4)14-7-13(5-6-15(14)29-10)18-11(2)30-12(3)21-18/h5-7,10H,8-9H2,1-4H3,(H,22,24,26). The number of carbonyl (C=O) groups is 2. The molecule has 31 heavy (non-hydrogen) atoms.